The zero-order valence-corrected chi connectivity index (χ0v) is 15.6. The van der Waals surface area contributed by atoms with E-state index in [1.807, 2.05) is 24.3 Å². The minimum Gasteiger partial charge on any atom is -0.295 e. The Kier molecular flexibility index (Phi) is 6.87. The van der Waals surface area contributed by atoms with Gasteiger partial charge >= 0.3 is 0 Å². The summed E-state index contributed by atoms with van der Waals surface area (Å²) in [6, 6.07) is 23.6. The summed E-state index contributed by atoms with van der Waals surface area (Å²) in [6.45, 7) is 2.11. The van der Waals surface area contributed by atoms with Crippen LogP contribution < -0.4 is 0 Å². The Morgan fingerprint density at radius 1 is 0.821 bits per heavy atom. The summed E-state index contributed by atoms with van der Waals surface area (Å²) in [6.07, 6.45) is 1.94. The number of benzene rings is 3. The lowest BCUT2D eigenvalue weighted by Crippen LogP contribution is -2.24. The molecule has 28 heavy (non-hydrogen) atoms. The molecular weight excluding hydrogens is 355 g/mol. The van der Waals surface area contributed by atoms with Crippen molar-refractivity contribution in [3.05, 3.63) is 111 Å². The van der Waals surface area contributed by atoms with Crippen LogP contribution in [0.4, 0.5) is 10.1 Å². The maximum Gasteiger partial charge on any atom is 0.269 e. The summed E-state index contributed by atoms with van der Waals surface area (Å²) in [5, 5.41) is 11.0. The molecule has 0 N–H and O–H groups in total. The van der Waals surface area contributed by atoms with E-state index >= 15 is 0 Å². The molecule has 0 aliphatic heterocycles. The molecule has 144 valence electrons. The lowest BCUT2D eigenvalue weighted by Gasteiger charge is -2.22. The van der Waals surface area contributed by atoms with Crippen molar-refractivity contribution in [2.75, 3.05) is 6.54 Å². The fourth-order valence-electron chi connectivity index (χ4n) is 3.24. The van der Waals surface area contributed by atoms with E-state index in [0.29, 0.717) is 13.1 Å². The Hall–Kier alpha value is -3.05. The molecule has 0 radical (unpaired) electrons. The van der Waals surface area contributed by atoms with Crippen molar-refractivity contribution in [2.24, 2.45) is 0 Å². The van der Waals surface area contributed by atoms with Crippen molar-refractivity contribution in [1.82, 2.24) is 4.90 Å². The van der Waals surface area contributed by atoms with Gasteiger partial charge in [-0.15, -0.1) is 0 Å². The van der Waals surface area contributed by atoms with Crippen LogP contribution in [0.25, 0.3) is 0 Å². The fraction of sp³-hybridized carbons (Fsp3) is 0.217. The first-order chi connectivity index (χ1) is 13.6. The normalized spacial score (nSPS) is 10.9. The first kappa shape index (κ1) is 19.7. The van der Waals surface area contributed by atoms with Gasteiger partial charge in [-0.2, -0.15) is 0 Å². The van der Waals surface area contributed by atoms with Gasteiger partial charge in [0.1, 0.15) is 5.82 Å². The maximum absolute atomic E-state index is 13.2. The highest BCUT2D eigenvalue weighted by atomic mass is 19.1. The molecule has 0 saturated heterocycles. The standard InChI is InChI=1S/C23H23FN2O2/c24-22-13-11-20(12-14-22)17-25(15-5-9-19-6-2-1-3-7-19)18-21-8-4-10-23(16-21)26(27)28/h1-4,6-8,10-14,16H,5,9,15,17-18H2. The SMILES string of the molecule is O=[N+]([O-])c1cccc(CN(CCCc2ccccc2)Cc2ccc(F)cc2)c1. The Balaban J connectivity index is 1.68. The van der Waals surface area contributed by atoms with Crippen LogP contribution >= 0.6 is 0 Å². The first-order valence-corrected chi connectivity index (χ1v) is 9.34. The molecule has 0 saturated carbocycles. The van der Waals surface area contributed by atoms with Gasteiger partial charge in [0, 0.05) is 25.2 Å². The van der Waals surface area contributed by atoms with Crippen LogP contribution in [-0.4, -0.2) is 16.4 Å². The molecule has 0 aromatic heterocycles. The summed E-state index contributed by atoms with van der Waals surface area (Å²) in [5.74, 6) is -0.252. The van der Waals surface area contributed by atoms with E-state index in [4.69, 9.17) is 0 Å². The predicted octanol–water partition coefficient (Wildman–Crippen LogP) is 5.37. The molecule has 0 unspecified atom stereocenters. The van der Waals surface area contributed by atoms with Crippen molar-refractivity contribution in [3.8, 4) is 0 Å². The van der Waals surface area contributed by atoms with Crippen LogP contribution in [0.1, 0.15) is 23.1 Å². The number of nitro benzene ring substituents is 1. The van der Waals surface area contributed by atoms with Crippen LogP contribution in [-0.2, 0) is 19.5 Å². The monoisotopic (exact) mass is 378 g/mol. The van der Waals surface area contributed by atoms with Gasteiger partial charge in [-0.05, 0) is 48.2 Å². The Morgan fingerprint density at radius 2 is 1.50 bits per heavy atom. The van der Waals surface area contributed by atoms with E-state index in [0.717, 1.165) is 30.5 Å². The van der Waals surface area contributed by atoms with E-state index in [1.54, 1.807) is 24.3 Å². The summed E-state index contributed by atoms with van der Waals surface area (Å²) in [5.41, 5.74) is 3.31. The van der Waals surface area contributed by atoms with Gasteiger partial charge in [0.25, 0.3) is 5.69 Å². The van der Waals surface area contributed by atoms with Crippen molar-refractivity contribution in [2.45, 2.75) is 25.9 Å². The number of halogens is 1. The minimum absolute atomic E-state index is 0.100. The molecule has 0 fully saturated rings. The summed E-state index contributed by atoms with van der Waals surface area (Å²) in [4.78, 5) is 12.9. The molecule has 3 aromatic rings. The van der Waals surface area contributed by atoms with E-state index in [1.165, 1.54) is 23.8 Å². The number of hydrogen-bond acceptors (Lipinski definition) is 3. The Morgan fingerprint density at radius 3 is 2.21 bits per heavy atom. The molecular formula is C23H23FN2O2. The Labute approximate surface area is 164 Å². The third kappa shape index (κ3) is 5.99. The molecule has 4 nitrogen and oxygen atoms in total. The van der Waals surface area contributed by atoms with Crippen LogP contribution in [0.3, 0.4) is 0 Å². The van der Waals surface area contributed by atoms with Crippen molar-refractivity contribution < 1.29 is 9.31 Å². The lowest BCUT2D eigenvalue weighted by atomic mass is 10.1. The number of rotatable bonds is 9. The second-order valence-electron chi connectivity index (χ2n) is 6.85. The number of non-ortho nitro benzene ring substituents is 1. The molecule has 0 heterocycles. The van der Waals surface area contributed by atoms with E-state index in [-0.39, 0.29) is 16.4 Å². The van der Waals surface area contributed by atoms with Gasteiger partial charge in [0.2, 0.25) is 0 Å². The zero-order chi connectivity index (χ0) is 19.8. The van der Waals surface area contributed by atoms with Gasteiger partial charge in [0.05, 0.1) is 4.92 Å². The molecule has 0 amide bonds. The first-order valence-electron chi connectivity index (χ1n) is 9.34. The third-order valence-corrected chi connectivity index (χ3v) is 4.63. The van der Waals surface area contributed by atoms with E-state index in [9.17, 15) is 14.5 Å². The van der Waals surface area contributed by atoms with Crippen LogP contribution in [0.5, 0.6) is 0 Å². The molecule has 5 heteroatoms. The smallest absolute Gasteiger partial charge is 0.269 e. The highest BCUT2D eigenvalue weighted by molar-refractivity contribution is 5.34. The van der Waals surface area contributed by atoms with Gasteiger partial charge in [0.15, 0.2) is 0 Å². The average Bonchev–Trinajstić information content (AvgIpc) is 2.70. The van der Waals surface area contributed by atoms with Crippen LogP contribution in [0.15, 0.2) is 78.9 Å². The van der Waals surface area contributed by atoms with Crippen LogP contribution in [0.2, 0.25) is 0 Å². The van der Waals surface area contributed by atoms with E-state index in [2.05, 4.69) is 17.0 Å². The summed E-state index contributed by atoms with van der Waals surface area (Å²) < 4.78 is 13.2. The fourth-order valence-corrected chi connectivity index (χ4v) is 3.24. The van der Waals surface area contributed by atoms with Crippen molar-refractivity contribution in [3.63, 3.8) is 0 Å². The molecule has 0 aliphatic rings. The molecule has 0 aliphatic carbocycles. The number of nitrogens with zero attached hydrogens (tertiary/aromatic N) is 2. The zero-order valence-electron chi connectivity index (χ0n) is 15.6. The number of nitro groups is 1. The Bertz CT molecular complexity index is 898. The predicted molar refractivity (Wildman–Crippen MR) is 108 cm³/mol. The molecule has 0 spiro atoms. The molecule has 0 atom stereocenters. The van der Waals surface area contributed by atoms with Gasteiger partial charge in [-0.3, -0.25) is 15.0 Å². The van der Waals surface area contributed by atoms with Crippen molar-refractivity contribution >= 4 is 5.69 Å². The third-order valence-electron chi connectivity index (χ3n) is 4.63. The molecule has 3 rings (SSSR count). The number of hydrogen-bond donors (Lipinski definition) is 0. The maximum atomic E-state index is 13.2. The van der Waals surface area contributed by atoms with Crippen LogP contribution in [0, 0.1) is 15.9 Å². The lowest BCUT2D eigenvalue weighted by molar-refractivity contribution is -0.384. The van der Waals surface area contributed by atoms with Gasteiger partial charge < -0.3 is 0 Å². The molecule has 3 aromatic carbocycles. The second-order valence-corrected chi connectivity index (χ2v) is 6.85. The largest absolute Gasteiger partial charge is 0.295 e. The topological polar surface area (TPSA) is 46.4 Å². The summed E-state index contributed by atoms with van der Waals surface area (Å²) in [7, 11) is 0. The molecule has 0 bridgehead atoms. The quantitative estimate of drug-likeness (QED) is 0.371. The second kappa shape index (κ2) is 9.76. The van der Waals surface area contributed by atoms with Crippen molar-refractivity contribution in [1.29, 1.82) is 0 Å². The average molecular weight is 378 g/mol. The number of aryl methyl sites for hydroxylation is 1. The highest BCUT2D eigenvalue weighted by Gasteiger charge is 2.11. The summed E-state index contributed by atoms with van der Waals surface area (Å²) >= 11 is 0. The van der Waals surface area contributed by atoms with E-state index < -0.39 is 0 Å². The van der Waals surface area contributed by atoms with Gasteiger partial charge in [-0.1, -0.05) is 54.6 Å². The highest BCUT2D eigenvalue weighted by Crippen LogP contribution is 2.17. The van der Waals surface area contributed by atoms with Gasteiger partial charge in [-0.25, -0.2) is 4.39 Å². The minimum atomic E-state index is -0.372.